The molecule has 1 aromatic rings. The number of carbonyl (C=O) groups excluding carboxylic acids is 2. The molecule has 11 heteroatoms. The van der Waals surface area contributed by atoms with Crippen LogP contribution in [0.25, 0.3) is 0 Å². The second-order valence-corrected chi connectivity index (χ2v) is 11.8. The summed E-state index contributed by atoms with van der Waals surface area (Å²) in [5.41, 5.74) is -2.19. The minimum absolute atomic E-state index is 0.101. The molecule has 0 aromatic heterocycles. The number of rotatable bonds is 9. The molecule has 1 saturated heterocycles. The van der Waals surface area contributed by atoms with E-state index in [0.717, 1.165) is 24.1 Å². The van der Waals surface area contributed by atoms with E-state index in [4.69, 9.17) is 28.5 Å². The molecular weight excluding hydrogens is 522 g/mol. The molecule has 0 amide bonds. The summed E-state index contributed by atoms with van der Waals surface area (Å²) in [5, 5.41) is 23.6. The lowest BCUT2D eigenvalue weighted by molar-refractivity contribution is -0.276. The van der Waals surface area contributed by atoms with Gasteiger partial charge in [0, 0.05) is 6.54 Å². The van der Waals surface area contributed by atoms with Crippen molar-refractivity contribution in [3.63, 3.8) is 0 Å². The SMILES string of the molecule is COC(=O)C[C@](O)(CCCC(C)(C)O)C(=O)O[C@@H]1C(OC)=C[C@]23CCCN(O2)[C@@H](C)c2cc4c(cc2[C@H]13)OCO4. The molecule has 3 aliphatic heterocycles. The number of nitrogens with zero attached hydrogens (tertiary/aromatic N) is 1. The van der Waals surface area contributed by atoms with Crippen molar-refractivity contribution in [3.05, 3.63) is 35.1 Å². The van der Waals surface area contributed by atoms with Gasteiger partial charge in [-0.2, -0.15) is 5.06 Å². The van der Waals surface area contributed by atoms with Crippen LogP contribution in [0.4, 0.5) is 0 Å². The van der Waals surface area contributed by atoms with Gasteiger partial charge in [-0.05, 0) is 82.2 Å². The zero-order chi connectivity index (χ0) is 28.9. The summed E-state index contributed by atoms with van der Waals surface area (Å²) in [5.74, 6) is -0.593. The predicted molar refractivity (Wildman–Crippen MR) is 140 cm³/mol. The fraction of sp³-hybridized carbons (Fsp3) is 0.655. The van der Waals surface area contributed by atoms with Crippen molar-refractivity contribution in [2.75, 3.05) is 27.6 Å². The molecule has 2 N–H and O–H groups in total. The molecule has 5 rings (SSSR count). The molecule has 1 aromatic carbocycles. The van der Waals surface area contributed by atoms with Crippen molar-refractivity contribution in [1.29, 1.82) is 0 Å². The standard InChI is InChI=1S/C29H39NO10/c1-17-18-12-20-21(38-16-37-20)13-19(18)24-25(22(35-4)14-29(24)10-7-11-30(17)40-29)39-26(32)28(34,15-23(31)36-5)9-6-8-27(2,3)33/h12-14,17,24-25,33-34H,6-11,15-16H2,1-5H3/t17-,24+,25+,28+,29-/m0/s1. The fourth-order valence-corrected chi connectivity index (χ4v) is 6.34. The molecule has 4 aliphatic rings. The Bertz CT molecular complexity index is 1190. The zero-order valence-corrected chi connectivity index (χ0v) is 23.7. The Balaban J connectivity index is 1.52. The monoisotopic (exact) mass is 561 g/mol. The van der Waals surface area contributed by atoms with E-state index in [0.29, 0.717) is 30.1 Å². The van der Waals surface area contributed by atoms with Crippen molar-refractivity contribution in [2.45, 2.75) is 94.2 Å². The number of hydrogen-bond donors (Lipinski definition) is 2. The van der Waals surface area contributed by atoms with Gasteiger partial charge in [-0.1, -0.05) is 0 Å². The summed E-state index contributed by atoms with van der Waals surface area (Å²) in [6, 6.07) is 3.76. The van der Waals surface area contributed by atoms with Crippen LogP contribution in [0.3, 0.4) is 0 Å². The highest BCUT2D eigenvalue weighted by molar-refractivity contribution is 5.86. The molecule has 1 aliphatic carbocycles. The Morgan fingerprint density at radius 1 is 1.12 bits per heavy atom. The van der Waals surface area contributed by atoms with Crippen LogP contribution in [0.1, 0.15) is 82.4 Å². The topological polar surface area (TPSA) is 133 Å². The molecule has 0 saturated carbocycles. The summed E-state index contributed by atoms with van der Waals surface area (Å²) in [4.78, 5) is 32.6. The molecule has 40 heavy (non-hydrogen) atoms. The number of carbonyl (C=O) groups is 2. The van der Waals surface area contributed by atoms with Gasteiger partial charge in [-0.15, -0.1) is 0 Å². The number of fused-ring (bicyclic) bond motifs is 4. The van der Waals surface area contributed by atoms with Gasteiger partial charge in [0.05, 0.1) is 38.2 Å². The van der Waals surface area contributed by atoms with E-state index >= 15 is 0 Å². The summed E-state index contributed by atoms with van der Waals surface area (Å²) < 4.78 is 28.0. The number of ether oxygens (including phenoxy) is 5. The maximum Gasteiger partial charge on any atom is 0.339 e. The van der Waals surface area contributed by atoms with Gasteiger partial charge >= 0.3 is 11.9 Å². The highest BCUT2D eigenvalue weighted by Gasteiger charge is 2.59. The first kappa shape index (κ1) is 28.7. The summed E-state index contributed by atoms with van der Waals surface area (Å²) in [6.07, 6.45) is 2.34. The van der Waals surface area contributed by atoms with Crippen molar-refractivity contribution in [1.82, 2.24) is 5.06 Å². The average Bonchev–Trinajstić information content (AvgIpc) is 3.46. The molecule has 1 fully saturated rings. The van der Waals surface area contributed by atoms with Gasteiger partial charge in [0.1, 0.15) is 11.4 Å². The van der Waals surface area contributed by atoms with E-state index in [-0.39, 0.29) is 25.7 Å². The van der Waals surface area contributed by atoms with Gasteiger partial charge in [-0.25, -0.2) is 4.79 Å². The van der Waals surface area contributed by atoms with Crippen LogP contribution >= 0.6 is 0 Å². The van der Waals surface area contributed by atoms with Crippen LogP contribution in [0, 0.1) is 0 Å². The number of hydrogen-bond acceptors (Lipinski definition) is 11. The third-order valence-corrected chi connectivity index (χ3v) is 8.42. The van der Waals surface area contributed by atoms with E-state index in [1.165, 1.54) is 14.2 Å². The Morgan fingerprint density at radius 2 is 1.82 bits per heavy atom. The van der Waals surface area contributed by atoms with E-state index in [1.807, 2.05) is 23.3 Å². The summed E-state index contributed by atoms with van der Waals surface area (Å²) >= 11 is 0. The van der Waals surface area contributed by atoms with Crippen LogP contribution in [0.5, 0.6) is 11.5 Å². The maximum atomic E-state index is 13.8. The maximum absolute atomic E-state index is 13.8. The first-order valence-corrected chi connectivity index (χ1v) is 13.8. The average molecular weight is 562 g/mol. The highest BCUT2D eigenvalue weighted by Crippen LogP contribution is 2.56. The van der Waals surface area contributed by atoms with Crippen LogP contribution in [-0.2, 0) is 28.6 Å². The van der Waals surface area contributed by atoms with E-state index in [1.54, 1.807) is 13.8 Å². The van der Waals surface area contributed by atoms with Crippen molar-refractivity contribution >= 4 is 11.9 Å². The molecule has 2 bridgehead atoms. The highest BCUT2D eigenvalue weighted by atomic mass is 16.7. The number of methoxy groups -OCH3 is 2. The van der Waals surface area contributed by atoms with Gasteiger partial charge in [-0.3, -0.25) is 9.63 Å². The van der Waals surface area contributed by atoms with E-state index < -0.39 is 47.2 Å². The van der Waals surface area contributed by atoms with Gasteiger partial charge < -0.3 is 33.9 Å². The van der Waals surface area contributed by atoms with Crippen LogP contribution in [0.15, 0.2) is 24.0 Å². The number of aliphatic hydroxyl groups is 2. The third-order valence-electron chi connectivity index (χ3n) is 8.42. The largest absolute Gasteiger partial charge is 0.497 e. The minimum atomic E-state index is -2.16. The molecule has 220 valence electrons. The van der Waals surface area contributed by atoms with E-state index in [2.05, 4.69) is 6.92 Å². The molecule has 0 radical (unpaired) electrons. The lowest BCUT2D eigenvalue weighted by Gasteiger charge is -2.42. The summed E-state index contributed by atoms with van der Waals surface area (Å²) in [7, 11) is 2.69. The van der Waals surface area contributed by atoms with Crippen molar-refractivity contribution in [2.24, 2.45) is 0 Å². The lowest BCUT2D eigenvalue weighted by atomic mass is 9.78. The molecular formula is C29H39NO10. The predicted octanol–water partition coefficient (Wildman–Crippen LogP) is 3.03. The Hall–Kier alpha value is -2.86. The van der Waals surface area contributed by atoms with E-state index in [9.17, 15) is 19.8 Å². The second-order valence-electron chi connectivity index (χ2n) is 11.8. The number of esters is 2. The number of hydroxylamine groups is 2. The van der Waals surface area contributed by atoms with Crippen molar-refractivity contribution in [3.8, 4) is 11.5 Å². The second kappa shape index (κ2) is 10.5. The van der Waals surface area contributed by atoms with Crippen molar-refractivity contribution < 1.29 is 48.3 Å². The quantitative estimate of drug-likeness (QED) is 0.431. The minimum Gasteiger partial charge on any atom is -0.497 e. The third kappa shape index (κ3) is 5.15. The van der Waals surface area contributed by atoms with Gasteiger partial charge in [0.2, 0.25) is 6.79 Å². The fourth-order valence-electron chi connectivity index (χ4n) is 6.34. The van der Waals surface area contributed by atoms with Gasteiger partial charge in [0.25, 0.3) is 0 Å². The molecule has 6 atom stereocenters. The van der Waals surface area contributed by atoms with Gasteiger partial charge in [0.15, 0.2) is 23.2 Å². The molecule has 1 unspecified atom stereocenters. The van der Waals surface area contributed by atoms with Crippen LogP contribution < -0.4 is 9.47 Å². The van der Waals surface area contributed by atoms with Crippen LogP contribution in [-0.4, -0.2) is 77.7 Å². The Kier molecular flexibility index (Phi) is 7.54. The molecule has 3 heterocycles. The first-order chi connectivity index (χ1) is 18.9. The Morgan fingerprint density at radius 3 is 2.48 bits per heavy atom. The molecule has 1 spiro atoms. The smallest absolute Gasteiger partial charge is 0.339 e. The summed E-state index contributed by atoms with van der Waals surface area (Å²) in [6.45, 7) is 6.18. The zero-order valence-electron chi connectivity index (χ0n) is 23.7. The molecule has 11 nitrogen and oxygen atoms in total. The lowest BCUT2D eigenvalue weighted by Crippen LogP contribution is -2.49. The first-order valence-electron chi connectivity index (χ1n) is 13.8. The number of benzene rings is 1. The normalized spacial score (nSPS) is 29.8. The Labute approximate surface area is 233 Å². The van der Waals surface area contributed by atoms with Crippen LogP contribution in [0.2, 0.25) is 0 Å².